The first-order chi connectivity index (χ1) is 11.9. The van der Waals surface area contributed by atoms with Gasteiger partial charge in [0.15, 0.2) is 11.6 Å². The molecule has 1 atom stereocenters. The number of amides is 1. The van der Waals surface area contributed by atoms with Crippen LogP contribution in [0.3, 0.4) is 0 Å². The molecule has 6 nitrogen and oxygen atoms in total. The average molecular weight is 374 g/mol. The van der Waals surface area contributed by atoms with Gasteiger partial charge in [-0.05, 0) is 31.0 Å². The summed E-state index contributed by atoms with van der Waals surface area (Å²) in [6, 6.07) is 2.52. The van der Waals surface area contributed by atoms with Crippen LogP contribution in [0, 0.1) is 17.6 Å². The topological polar surface area (TPSA) is 66.9 Å². The van der Waals surface area contributed by atoms with E-state index in [0.29, 0.717) is 45.2 Å². The second-order valence-corrected chi connectivity index (χ2v) is 8.15. The summed E-state index contributed by atoms with van der Waals surface area (Å²) < 4.78 is 58.2. The summed E-state index contributed by atoms with van der Waals surface area (Å²) >= 11 is 0. The van der Waals surface area contributed by atoms with E-state index in [1.54, 1.807) is 4.90 Å². The maximum absolute atomic E-state index is 13.4. The maximum Gasteiger partial charge on any atom is 0.243 e. The number of carbonyl (C=O) groups is 1. The van der Waals surface area contributed by atoms with Crippen LogP contribution in [0.5, 0.6) is 0 Å². The predicted molar refractivity (Wildman–Crippen MR) is 85.2 cm³/mol. The van der Waals surface area contributed by atoms with Gasteiger partial charge in [0.25, 0.3) is 0 Å². The fraction of sp³-hybridized carbons (Fsp3) is 0.562. The van der Waals surface area contributed by atoms with Crippen LogP contribution in [-0.2, 0) is 19.6 Å². The van der Waals surface area contributed by atoms with E-state index in [-0.39, 0.29) is 23.9 Å². The monoisotopic (exact) mass is 374 g/mol. The van der Waals surface area contributed by atoms with Gasteiger partial charge in [0.05, 0.1) is 24.0 Å². The molecule has 0 N–H and O–H groups in total. The summed E-state index contributed by atoms with van der Waals surface area (Å²) in [6.07, 6.45) is 1.16. The zero-order valence-corrected chi connectivity index (χ0v) is 14.5. The van der Waals surface area contributed by atoms with Crippen molar-refractivity contribution >= 4 is 15.9 Å². The zero-order valence-electron chi connectivity index (χ0n) is 13.7. The fourth-order valence-electron chi connectivity index (χ4n) is 3.19. The highest BCUT2D eigenvalue weighted by Crippen LogP contribution is 2.26. The highest BCUT2D eigenvalue weighted by Gasteiger charge is 2.35. The summed E-state index contributed by atoms with van der Waals surface area (Å²) in [5.74, 6) is -2.81. The van der Waals surface area contributed by atoms with Crippen LogP contribution in [0.25, 0.3) is 0 Å². The molecule has 0 aliphatic carbocycles. The lowest BCUT2D eigenvalue weighted by Gasteiger charge is -2.35. The van der Waals surface area contributed by atoms with Gasteiger partial charge in [0.2, 0.25) is 15.9 Å². The Morgan fingerprint density at radius 2 is 1.84 bits per heavy atom. The number of ether oxygens (including phenoxy) is 1. The van der Waals surface area contributed by atoms with Crippen molar-refractivity contribution in [2.75, 3.05) is 39.4 Å². The lowest BCUT2D eigenvalue weighted by molar-refractivity contribution is -0.140. The third-order valence-corrected chi connectivity index (χ3v) is 6.45. The van der Waals surface area contributed by atoms with Crippen LogP contribution in [0.2, 0.25) is 0 Å². The number of nitrogens with zero attached hydrogens (tertiary/aromatic N) is 2. The fourth-order valence-corrected chi connectivity index (χ4v) is 4.73. The first-order valence-electron chi connectivity index (χ1n) is 8.21. The molecule has 0 spiro atoms. The molecule has 2 saturated heterocycles. The van der Waals surface area contributed by atoms with Crippen molar-refractivity contribution in [3.63, 3.8) is 0 Å². The van der Waals surface area contributed by atoms with E-state index in [1.807, 2.05) is 0 Å². The number of piperidine rings is 1. The molecule has 0 aromatic heterocycles. The molecular weight excluding hydrogens is 354 g/mol. The molecule has 0 radical (unpaired) electrons. The second kappa shape index (κ2) is 7.35. The first kappa shape index (κ1) is 18.2. The van der Waals surface area contributed by atoms with Crippen LogP contribution in [0.1, 0.15) is 12.8 Å². The molecule has 9 heteroatoms. The molecule has 2 aliphatic heterocycles. The zero-order chi connectivity index (χ0) is 18.0. The molecule has 2 heterocycles. The summed E-state index contributed by atoms with van der Waals surface area (Å²) in [7, 11) is -3.97. The van der Waals surface area contributed by atoms with Gasteiger partial charge in [0, 0.05) is 26.2 Å². The molecule has 1 aromatic carbocycles. The van der Waals surface area contributed by atoms with Gasteiger partial charge in [-0.2, -0.15) is 4.31 Å². The minimum absolute atomic E-state index is 0.0531. The normalized spacial score (nSPS) is 22.8. The van der Waals surface area contributed by atoms with E-state index in [9.17, 15) is 22.0 Å². The summed E-state index contributed by atoms with van der Waals surface area (Å²) in [4.78, 5) is 14.0. The van der Waals surface area contributed by atoms with Crippen molar-refractivity contribution in [3.05, 3.63) is 29.8 Å². The Hall–Kier alpha value is -1.58. The Labute approximate surface area is 145 Å². The van der Waals surface area contributed by atoms with Crippen molar-refractivity contribution in [2.24, 2.45) is 5.92 Å². The van der Waals surface area contributed by atoms with E-state index in [4.69, 9.17) is 4.74 Å². The van der Waals surface area contributed by atoms with Crippen molar-refractivity contribution in [2.45, 2.75) is 17.7 Å². The Balaban J connectivity index is 1.75. The van der Waals surface area contributed by atoms with Crippen molar-refractivity contribution in [1.82, 2.24) is 9.21 Å². The Bertz CT molecular complexity index is 751. The molecule has 1 amide bonds. The van der Waals surface area contributed by atoms with Crippen LogP contribution in [-0.4, -0.2) is 62.9 Å². The third-order valence-electron chi connectivity index (χ3n) is 4.58. The second-order valence-electron chi connectivity index (χ2n) is 6.22. The summed E-state index contributed by atoms with van der Waals surface area (Å²) in [6.45, 7) is 2.28. The van der Waals surface area contributed by atoms with Crippen molar-refractivity contribution in [1.29, 1.82) is 0 Å². The van der Waals surface area contributed by atoms with Crippen LogP contribution in [0.4, 0.5) is 8.78 Å². The summed E-state index contributed by atoms with van der Waals surface area (Å²) in [5.41, 5.74) is 0. The van der Waals surface area contributed by atoms with Gasteiger partial charge in [-0.1, -0.05) is 0 Å². The predicted octanol–water partition coefficient (Wildman–Crippen LogP) is 1.22. The van der Waals surface area contributed by atoms with Gasteiger partial charge < -0.3 is 9.64 Å². The average Bonchev–Trinajstić information content (AvgIpc) is 2.64. The molecule has 1 aromatic rings. The Morgan fingerprint density at radius 3 is 2.52 bits per heavy atom. The minimum Gasteiger partial charge on any atom is -0.378 e. The standard InChI is InChI=1S/C16H20F2N2O4S/c17-14-4-3-13(10-15(14)18)25(22,23)20-5-1-2-12(11-20)16(21)19-6-8-24-9-7-19/h3-4,10,12H,1-2,5-9,11H2/t12-/m0/s1. The number of rotatable bonds is 3. The van der Waals surface area contributed by atoms with Crippen LogP contribution >= 0.6 is 0 Å². The van der Waals surface area contributed by atoms with E-state index >= 15 is 0 Å². The molecule has 0 saturated carbocycles. The number of hydrogen-bond acceptors (Lipinski definition) is 4. The van der Waals surface area contributed by atoms with E-state index in [0.717, 1.165) is 12.1 Å². The molecule has 3 rings (SSSR count). The van der Waals surface area contributed by atoms with Gasteiger partial charge in [-0.25, -0.2) is 17.2 Å². The van der Waals surface area contributed by atoms with Gasteiger partial charge in [-0.15, -0.1) is 0 Å². The Kier molecular flexibility index (Phi) is 5.35. The number of hydrogen-bond donors (Lipinski definition) is 0. The van der Waals surface area contributed by atoms with Gasteiger partial charge in [0.1, 0.15) is 0 Å². The molecule has 25 heavy (non-hydrogen) atoms. The van der Waals surface area contributed by atoms with Crippen molar-refractivity contribution < 1.29 is 26.7 Å². The van der Waals surface area contributed by atoms with E-state index in [2.05, 4.69) is 0 Å². The smallest absolute Gasteiger partial charge is 0.243 e. The van der Waals surface area contributed by atoms with E-state index < -0.39 is 27.6 Å². The molecule has 2 aliphatic rings. The highest BCUT2D eigenvalue weighted by atomic mass is 32.2. The SMILES string of the molecule is O=C([C@H]1CCCN(S(=O)(=O)c2ccc(F)c(F)c2)C1)N1CCOCC1. The number of benzene rings is 1. The highest BCUT2D eigenvalue weighted by molar-refractivity contribution is 7.89. The minimum atomic E-state index is -3.97. The molecule has 2 fully saturated rings. The van der Waals surface area contributed by atoms with Crippen LogP contribution in [0.15, 0.2) is 23.1 Å². The lowest BCUT2D eigenvalue weighted by atomic mass is 9.98. The quantitative estimate of drug-likeness (QED) is 0.798. The van der Waals surface area contributed by atoms with Gasteiger partial charge in [-0.3, -0.25) is 4.79 Å². The van der Waals surface area contributed by atoms with Crippen molar-refractivity contribution in [3.8, 4) is 0 Å². The largest absolute Gasteiger partial charge is 0.378 e. The maximum atomic E-state index is 13.4. The number of morpholine rings is 1. The van der Waals surface area contributed by atoms with Gasteiger partial charge >= 0.3 is 0 Å². The number of halogens is 2. The molecule has 0 unspecified atom stereocenters. The van der Waals surface area contributed by atoms with Crippen LogP contribution < -0.4 is 0 Å². The first-order valence-corrected chi connectivity index (χ1v) is 9.65. The lowest BCUT2D eigenvalue weighted by Crippen LogP contribution is -2.49. The Morgan fingerprint density at radius 1 is 1.12 bits per heavy atom. The number of sulfonamides is 1. The molecule has 0 bridgehead atoms. The summed E-state index contributed by atoms with van der Waals surface area (Å²) in [5, 5.41) is 0. The van der Waals surface area contributed by atoms with E-state index in [1.165, 1.54) is 4.31 Å². The molecule has 138 valence electrons. The number of carbonyl (C=O) groups excluding carboxylic acids is 1. The molecular formula is C16H20F2N2O4S. The third kappa shape index (κ3) is 3.83.